The van der Waals surface area contributed by atoms with Crippen molar-refractivity contribution in [2.75, 3.05) is 39.9 Å². The Kier molecular flexibility index (Phi) is 5.86. The van der Waals surface area contributed by atoms with Gasteiger partial charge in [0.1, 0.15) is 0 Å². The molecule has 4 nitrogen and oxygen atoms in total. The number of aliphatic hydroxyl groups is 2. The van der Waals surface area contributed by atoms with Crippen molar-refractivity contribution >= 4 is 0 Å². The highest BCUT2D eigenvalue weighted by Gasteiger charge is 2.31. The van der Waals surface area contributed by atoms with Crippen molar-refractivity contribution in [2.24, 2.45) is 11.3 Å². The van der Waals surface area contributed by atoms with Crippen molar-refractivity contribution in [2.45, 2.75) is 32.7 Å². The first-order valence-corrected chi connectivity index (χ1v) is 6.63. The van der Waals surface area contributed by atoms with Gasteiger partial charge in [-0.15, -0.1) is 0 Å². The summed E-state index contributed by atoms with van der Waals surface area (Å²) in [5.74, 6) is 0.726. The number of likely N-dealkylation sites (tertiary alicyclic amines) is 1. The molecule has 0 atom stereocenters. The van der Waals surface area contributed by atoms with Gasteiger partial charge in [0, 0.05) is 6.54 Å². The Morgan fingerprint density at radius 3 is 2.24 bits per heavy atom. The van der Waals surface area contributed by atoms with Crippen LogP contribution in [0.3, 0.4) is 0 Å². The van der Waals surface area contributed by atoms with Crippen LogP contribution in [0.15, 0.2) is 0 Å². The smallest absolute Gasteiger partial charge is 0.0607 e. The SMILES string of the molecule is CN1CCC(C(C)(C)CNC(CO)CO)CC1. The van der Waals surface area contributed by atoms with E-state index < -0.39 is 0 Å². The molecule has 1 saturated heterocycles. The highest BCUT2D eigenvalue weighted by molar-refractivity contribution is 4.85. The van der Waals surface area contributed by atoms with Gasteiger partial charge in [-0.2, -0.15) is 0 Å². The largest absolute Gasteiger partial charge is 0.395 e. The van der Waals surface area contributed by atoms with Gasteiger partial charge >= 0.3 is 0 Å². The van der Waals surface area contributed by atoms with Crippen LogP contribution in [0.2, 0.25) is 0 Å². The molecule has 0 aliphatic carbocycles. The minimum atomic E-state index is -0.180. The first-order chi connectivity index (χ1) is 7.99. The predicted molar refractivity (Wildman–Crippen MR) is 70.0 cm³/mol. The summed E-state index contributed by atoms with van der Waals surface area (Å²) in [5, 5.41) is 21.3. The summed E-state index contributed by atoms with van der Waals surface area (Å²) in [6, 6.07) is -0.180. The van der Waals surface area contributed by atoms with Crippen LogP contribution in [0.5, 0.6) is 0 Å². The summed E-state index contributed by atoms with van der Waals surface area (Å²) >= 11 is 0. The lowest BCUT2D eigenvalue weighted by Gasteiger charge is -2.40. The molecule has 0 aromatic rings. The molecular formula is C13H28N2O2. The second-order valence-corrected chi connectivity index (χ2v) is 6.01. The van der Waals surface area contributed by atoms with Gasteiger partial charge in [-0.05, 0) is 44.3 Å². The van der Waals surface area contributed by atoms with Crippen molar-refractivity contribution in [1.82, 2.24) is 10.2 Å². The number of nitrogens with one attached hydrogen (secondary N) is 1. The van der Waals surface area contributed by atoms with E-state index in [1.807, 2.05) is 0 Å². The van der Waals surface area contributed by atoms with Gasteiger partial charge in [-0.3, -0.25) is 0 Å². The van der Waals surface area contributed by atoms with Crippen LogP contribution >= 0.6 is 0 Å². The number of nitrogens with zero attached hydrogens (tertiary/aromatic N) is 1. The molecule has 1 heterocycles. The first kappa shape index (κ1) is 14.9. The molecule has 1 fully saturated rings. The molecule has 102 valence electrons. The lowest BCUT2D eigenvalue weighted by Crippen LogP contribution is -2.46. The Labute approximate surface area is 105 Å². The van der Waals surface area contributed by atoms with Gasteiger partial charge in [0.15, 0.2) is 0 Å². The van der Waals surface area contributed by atoms with E-state index in [1.165, 1.54) is 25.9 Å². The van der Waals surface area contributed by atoms with Crippen LogP contribution < -0.4 is 5.32 Å². The van der Waals surface area contributed by atoms with E-state index in [0.29, 0.717) is 0 Å². The van der Waals surface area contributed by atoms with Crippen LogP contribution in [0, 0.1) is 11.3 Å². The lowest BCUT2D eigenvalue weighted by atomic mass is 9.73. The Balaban J connectivity index is 2.39. The molecule has 1 rings (SSSR count). The van der Waals surface area contributed by atoms with Crippen LogP contribution in [-0.4, -0.2) is 61.1 Å². The van der Waals surface area contributed by atoms with Crippen LogP contribution in [0.1, 0.15) is 26.7 Å². The fourth-order valence-electron chi connectivity index (χ4n) is 2.53. The Bertz CT molecular complexity index is 209. The normalized spacial score (nSPS) is 20.1. The van der Waals surface area contributed by atoms with Crippen LogP contribution in [0.4, 0.5) is 0 Å². The molecule has 1 aliphatic heterocycles. The maximum atomic E-state index is 9.04. The van der Waals surface area contributed by atoms with E-state index in [2.05, 4.69) is 31.1 Å². The van der Waals surface area contributed by atoms with Crippen molar-refractivity contribution < 1.29 is 10.2 Å². The Morgan fingerprint density at radius 2 is 1.76 bits per heavy atom. The van der Waals surface area contributed by atoms with E-state index in [-0.39, 0.29) is 24.7 Å². The minimum absolute atomic E-state index is 0.0000154. The van der Waals surface area contributed by atoms with Crippen molar-refractivity contribution in [3.05, 3.63) is 0 Å². The van der Waals surface area contributed by atoms with E-state index in [0.717, 1.165) is 12.5 Å². The molecule has 0 radical (unpaired) electrons. The standard InChI is InChI=1S/C13H28N2O2/c1-13(2,10-14-12(8-16)9-17)11-4-6-15(3)7-5-11/h11-12,14,16-17H,4-10H2,1-3H3. The molecule has 3 N–H and O–H groups in total. The minimum Gasteiger partial charge on any atom is -0.395 e. The summed E-state index contributed by atoms with van der Waals surface area (Å²) in [5.41, 5.74) is 0.226. The maximum absolute atomic E-state index is 9.04. The zero-order valence-corrected chi connectivity index (χ0v) is 11.4. The fraction of sp³-hybridized carbons (Fsp3) is 1.00. The van der Waals surface area contributed by atoms with Gasteiger partial charge in [-0.1, -0.05) is 13.8 Å². The molecule has 0 saturated carbocycles. The van der Waals surface area contributed by atoms with Crippen LogP contribution in [0.25, 0.3) is 0 Å². The lowest BCUT2D eigenvalue weighted by molar-refractivity contribution is 0.0982. The number of rotatable bonds is 6. The third-order valence-electron chi connectivity index (χ3n) is 4.11. The monoisotopic (exact) mass is 244 g/mol. The maximum Gasteiger partial charge on any atom is 0.0607 e. The van der Waals surface area contributed by atoms with Gasteiger partial charge in [0.05, 0.1) is 19.3 Å². The van der Waals surface area contributed by atoms with E-state index in [4.69, 9.17) is 10.2 Å². The second-order valence-electron chi connectivity index (χ2n) is 6.01. The zero-order chi connectivity index (χ0) is 12.9. The topological polar surface area (TPSA) is 55.7 Å². The summed E-state index contributed by atoms with van der Waals surface area (Å²) in [4.78, 5) is 2.38. The highest BCUT2D eigenvalue weighted by Crippen LogP contribution is 2.34. The quantitative estimate of drug-likeness (QED) is 0.629. The molecule has 0 unspecified atom stereocenters. The molecule has 17 heavy (non-hydrogen) atoms. The van der Waals surface area contributed by atoms with Crippen molar-refractivity contribution in [3.8, 4) is 0 Å². The van der Waals surface area contributed by atoms with Crippen molar-refractivity contribution in [3.63, 3.8) is 0 Å². The molecule has 0 bridgehead atoms. The summed E-state index contributed by atoms with van der Waals surface area (Å²) < 4.78 is 0. The highest BCUT2D eigenvalue weighted by atomic mass is 16.3. The summed E-state index contributed by atoms with van der Waals surface area (Å²) in [6.07, 6.45) is 2.49. The molecule has 0 amide bonds. The predicted octanol–water partition coefficient (Wildman–Crippen LogP) is 0.297. The average molecular weight is 244 g/mol. The Morgan fingerprint density at radius 1 is 1.24 bits per heavy atom. The second kappa shape index (κ2) is 6.69. The summed E-state index contributed by atoms with van der Waals surface area (Å²) in [7, 11) is 2.18. The zero-order valence-electron chi connectivity index (χ0n) is 11.4. The Hall–Kier alpha value is -0.160. The number of hydrogen-bond donors (Lipinski definition) is 3. The first-order valence-electron chi connectivity index (χ1n) is 6.63. The number of hydrogen-bond acceptors (Lipinski definition) is 4. The molecule has 0 aromatic heterocycles. The average Bonchev–Trinajstić information content (AvgIpc) is 2.31. The van der Waals surface area contributed by atoms with Crippen molar-refractivity contribution in [1.29, 1.82) is 0 Å². The molecule has 4 heteroatoms. The third-order valence-corrected chi connectivity index (χ3v) is 4.11. The van der Waals surface area contributed by atoms with Gasteiger partial charge < -0.3 is 20.4 Å². The molecule has 0 spiro atoms. The van der Waals surface area contributed by atoms with Gasteiger partial charge in [0.25, 0.3) is 0 Å². The van der Waals surface area contributed by atoms with Gasteiger partial charge in [-0.25, -0.2) is 0 Å². The van der Waals surface area contributed by atoms with E-state index >= 15 is 0 Å². The molecule has 0 aromatic carbocycles. The molecular weight excluding hydrogens is 216 g/mol. The number of piperidine rings is 1. The summed E-state index contributed by atoms with van der Waals surface area (Å²) in [6.45, 7) is 7.77. The van der Waals surface area contributed by atoms with E-state index in [1.54, 1.807) is 0 Å². The third kappa shape index (κ3) is 4.54. The van der Waals surface area contributed by atoms with Crippen LogP contribution in [-0.2, 0) is 0 Å². The van der Waals surface area contributed by atoms with E-state index in [9.17, 15) is 0 Å². The fourth-order valence-corrected chi connectivity index (χ4v) is 2.53. The number of aliphatic hydroxyl groups excluding tert-OH is 2. The molecule has 1 aliphatic rings. The van der Waals surface area contributed by atoms with Gasteiger partial charge in [0.2, 0.25) is 0 Å².